The molecular formula is C18H15Cl2N3O3S3. The normalized spacial score (nSPS) is 14.6. The standard InChI is InChI=1S/C18H15Cl2N3O3S3/c1-10-6-16(13(20)7-12(10)19)29(25,26)23-4-2-14-15(8-23)28-18(21-14)22-17(24)11-3-5-27-9-11/h3,5-7,9H,2,4,8H2,1H3,(H,21,22,24). The number of nitrogens with one attached hydrogen (secondary N) is 1. The lowest BCUT2D eigenvalue weighted by molar-refractivity contribution is 0.102. The molecular weight excluding hydrogens is 473 g/mol. The van der Waals surface area contributed by atoms with Crippen molar-refractivity contribution in [3.05, 3.63) is 60.7 Å². The van der Waals surface area contributed by atoms with Gasteiger partial charge in [0, 0.05) is 28.2 Å². The van der Waals surface area contributed by atoms with E-state index in [9.17, 15) is 13.2 Å². The Bertz CT molecular complexity index is 1190. The number of hydrogen-bond donors (Lipinski definition) is 1. The molecule has 0 radical (unpaired) electrons. The minimum atomic E-state index is -3.79. The first-order chi connectivity index (χ1) is 13.8. The van der Waals surface area contributed by atoms with Crippen LogP contribution in [0.15, 0.2) is 33.9 Å². The van der Waals surface area contributed by atoms with Gasteiger partial charge in [-0.05, 0) is 36.1 Å². The van der Waals surface area contributed by atoms with Crippen LogP contribution in [0.4, 0.5) is 5.13 Å². The lowest BCUT2D eigenvalue weighted by atomic mass is 10.2. The molecule has 3 heterocycles. The van der Waals surface area contributed by atoms with Gasteiger partial charge >= 0.3 is 0 Å². The number of nitrogens with zero attached hydrogens (tertiary/aromatic N) is 2. The van der Waals surface area contributed by atoms with E-state index in [2.05, 4.69) is 10.3 Å². The summed E-state index contributed by atoms with van der Waals surface area (Å²) < 4.78 is 27.7. The van der Waals surface area contributed by atoms with Gasteiger partial charge in [-0.15, -0.1) is 11.3 Å². The van der Waals surface area contributed by atoms with Gasteiger partial charge in [-0.1, -0.05) is 23.2 Å². The van der Waals surface area contributed by atoms with Crippen LogP contribution in [-0.4, -0.2) is 30.2 Å². The number of carbonyl (C=O) groups excluding carboxylic acids is 1. The molecule has 0 atom stereocenters. The van der Waals surface area contributed by atoms with Crippen LogP contribution in [0.25, 0.3) is 0 Å². The third-order valence-corrected chi connectivity index (χ3v) is 8.93. The number of hydrogen-bond acceptors (Lipinski definition) is 6. The molecule has 0 saturated carbocycles. The lowest BCUT2D eigenvalue weighted by Gasteiger charge is -2.26. The van der Waals surface area contributed by atoms with E-state index in [1.54, 1.807) is 18.4 Å². The number of thiophene rings is 1. The number of thiazole rings is 1. The second-order valence-electron chi connectivity index (χ2n) is 6.48. The Hall–Kier alpha value is -1.49. The predicted molar refractivity (Wildman–Crippen MR) is 117 cm³/mol. The van der Waals surface area contributed by atoms with E-state index in [1.807, 2.05) is 5.38 Å². The Morgan fingerprint density at radius 1 is 1.28 bits per heavy atom. The summed E-state index contributed by atoms with van der Waals surface area (Å²) in [5, 5.41) is 7.35. The summed E-state index contributed by atoms with van der Waals surface area (Å²) in [6.45, 7) is 2.20. The zero-order valence-corrected chi connectivity index (χ0v) is 19.1. The van der Waals surface area contributed by atoms with Gasteiger partial charge in [-0.3, -0.25) is 10.1 Å². The third kappa shape index (κ3) is 4.08. The second kappa shape index (κ2) is 7.98. The molecule has 2 aromatic heterocycles. The fraction of sp³-hybridized carbons (Fsp3) is 0.222. The van der Waals surface area contributed by atoms with Crippen molar-refractivity contribution in [2.45, 2.75) is 24.8 Å². The summed E-state index contributed by atoms with van der Waals surface area (Å²) in [6, 6.07) is 4.68. The zero-order valence-electron chi connectivity index (χ0n) is 15.1. The number of aryl methyl sites for hydroxylation is 1. The summed E-state index contributed by atoms with van der Waals surface area (Å²) in [6.07, 6.45) is 0.462. The number of anilines is 1. The number of carbonyl (C=O) groups is 1. The van der Waals surface area contributed by atoms with Crippen LogP contribution in [0.5, 0.6) is 0 Å². The number of amides is 1. The Morgan fingerprint density at radius 3 is 2.79 bits per heavy atom. The summed E-state index contributed by atoms with van der Waals surface area (Å²) in [5.41, 5.74) is 2.02. The molecule has 1 aliphatic rings. The van der Waals surface area contributed by atoms with Crippen molar-refractivity contribution in [3.63, 3.8) is 0 Å². The first-order valence-electron chi connectivity index (χ1n) is 8.53. The minimum absolute atomic E-state index is 0.0417. The van der Waals surface area contributed by atoms with Crippen molar-refractivity contribution in [1.29, 1.82) is 0 Å². The highest BCUT2D eigenvalue weighted by Gasteiger charge is 2.32. The van der Waals surface area contributed by atoms with Crippen LogP contribution in [0, 0.1) is 6.92 Å². The molecule has 1 amide bonds. The molecule has 1 aliphatic heterocycles. The number of halogens is 2. The third-order valence-electron chi connectivity index (χ3n) is 4.53. The van der Waals surface area contributed by atoms with Crippen molar-refractivity contribution in [1.82, 2.24) is 9.29 Å². The van der Waals surface area contributed by atoms with Crippen LogP contribution < -0.4 is 5.32 Å². The molecule has 0 fully saturated rings. The van der Waals surface area contributed by atoms with Gasteiger partial charge in [0.25, 0.3) is 5.91 Å². The van der Waals surface area contributed by atoms with E-state index in [0.29, 0.717) is 27.7 Å². The van der Waals surface area contributed by atoms with Gasteiger partial charge in [0.1, 0.15) is 4.90 Å². The molecule has 152 valence electrons. The summed E-state index contributed by atoms with van der Waals surface area (Å²) in [4.78, 5) is 17.5. The first-order valence-corrected chi connectivity index (χ1v) is 12.5. The molecule has 0 spiro atoms. The van der Waals surface area contributed by atoms with Crippen molar-refractivity contribution in [2.75, 3.05) is 11.9 Å². The number of fused-ring (bicyclic) bond motifs is 1. The maximum absolute atomic E-state index is 13.1. The fourth-order valence-electron chi connectivity index (χ4n) is 2.96. The fourth-order valence-corrected chi connectivity index (χ4v) is 6.91. The molecule has 0 bridgehead atoms. The van der Waals surface area contributed by atoms with Crippen LogP contribution in [0.2, 0.25) is 10.0 Å². The molecule has 6 nitrogen and oxygen atoms in total. The van der Waals surface area contributed by atoms with E-state index in [4.69, 9.17) is 23.2 Å². The molecule has 29 heavy (non-hydrogen) atoms. The van der Waals surface area contributed by atoms with Crippen LogP contribution in [0.3, 0.4) is 0 Å². The zero-order chi connectivity index (χ0) is 20.8. The Labute approximate surface area is 186 Å². The first kappa shape index (κ1) is 20.8. The second-order valence-corrected chi connectivity index (χ2v) is 11.1. The predicted octanol–water partition coefficient (Wildman–Crippen LogP) is 4.82. The van der Waals surface area contributed by atoms with Gasteiger partial charge in [0.2, 0.25) is 10.0 Å². The van der Waals surface area contributed by atoms with Gasteiger partial charge < -0.3 is 0 Å². The van der Waals surface area contributed by atoms with Gasteiger partial charge in [0.05, 0.1) is 22.8 Å². The maximum atomic E-state index is 13.1. The molecule has 1 N–H and O–H groups in total. The maximum Gasteiger partial charge on any atom is 0.258 e. The largest absolute Gasteiger partial charge is 0.298 e. The Balaban J connectivity index is 1.56. The highest BCUT2D eigenvalue weighted by molar-refractivity contribution is 7.89. The molecule has 0 saturated heterocycles. The van der Waals surface area contributed by atoms with E-state index in [-0.39, 0.29) is 28.9 Å². The van der Waals surface area contributed by atoms with E-state index < -0.39 is 10.0 Å². The van der Waals surface area contributed by atoms with Crippen molar-refractivity contribution < 1.29 is 13.2 Å². The topological polar surface area (TPSA) is 79.4 Å². The van der Waals surface area contributed by atoms with Crippen molar-refractivity contribution in [3.8, 4) is 0 Å². The smallest absolute Gasteiger partial charge is 0.258 e. The van der Waals surface area contributed by atoms with Gasteiger partial charge in [-0.2, -0.15) is 15.6 Å². The number of rotatable bonds is 4. The molecule has 0 aliphatic carbocycles. The number of benzene rings is 1. The highest BCUT2D eigenvalue weighted by atomic mass is 35.5. The number of aromatic nitrogens is 1. The number of sulfonamides is 1. The molecule has 4 rings (SSSR count). The molecule has 0 unspecified atom stereocenters. The Kier molecular flexibility index (Phi) is 5.71. The van der Waals surface area contributed by atoms with Gasteiger partial charge in [0.15, 0.2) is 5.13 Å². The van der Waals surface area contributed by atoms with Crippen molar-refractivity contribution in [2.24, 2.45) is 0 Å². The SMILES string of the molecule is Cc1cc(S(=O)(=O)N2CCc3nc(NC(=O)c4ccsc4)sc3C2)c(Cl)cc1Cl. The highest BCUT2D eigenvalue weighted by Crippen LogP contribution is 2.34. The van der Waals surface area contributed by atoms with Crippen molar-refractivity contribution >= 4 is 66.9 Å². The van der Waals surface area contributed by atoms with Crippen LogP contribution in [0.1, 0.15) is 26.5 Å². The minimum Gasteiger partial charge on any atom is -0.298 e. The Morgan fingerprint density at radius 2 is 2.07 bits per heavy atom. The van der Waals surface area contributed by atoms with E-state index in [1.165, 1.54) is 39.1 Å². The van der Waals surface area contributed by atoms with E-state index in [0.717, 1.165) is 10.6 Å². The van der Waals surface area contributed by atoms with E-state index >= 15 is 0 Å². The van der Waals surface area contributed by atoms with Crippen LogP contribution >= 0.6 is 45.9 Å². The molecule has 1 aromatic carbocycles. The molecule has 11 heteroatoms. The van der Waals surface area contributed by atoms with Gasteiger partial charge in [-0.25, -0.2) is 13.4 Å². The quantitative estimate of drug-likeness (QED) is 0.571. The monoisotopic (exact) mass is 487 g/mol. The summed E-state index contributed by atoms with van der Waals surface area (Å²) in [7, 11) is -3.79. The summed E-state index contributed by atoms with van der Waals surface area (Å²) in [5.74, 6) is -0.231. The average Bonchev–Trinajstić information content (AvgIpc) is 3.33. The molecule has 3 aromatic rings. The van der Waals surface area contributed by atoms with Crippen LogP contribution in [-0.2, 0) is 23.0 Å². The lowest BCUT2D eigenvalue weighted by Crippen LogP contribution is -2.35. The average molecular weight is 488 g/mol. The summed E-state index contributed by atoms with van der Waals surface area (Å²) >= 11 is 14.9.